The van der Waals surface area contributed by atoms with E-state index in [1.54, 1.807) is 13.0 Å². The Bertz CT molecular complexity index is 2380. The standard InChI is InChI=1S/C44H50F2N3O14PS/c1-41-15-14-28(50)17-25(41)10-11-29-30-18-34-43(33(52)21-61-64(58,59)60,42(30,2)19-32(51)38(29)41)63-40(62-34)23-6-8-24(9-7-23)44(45,46)26-4-3-5-27(16-26)48-39(57)31(12-13-37(55)56)49-35(53)20-47-36(54)22-65/h3-9,14-17,29-32,34,38,40,51,65H,10-13,18-22H2,1-2H3,(H,47,54)(H,48,57)(H,49,53)(H,55,56)(H2,58,59,60)/t29-,30-,31-,32-,34+,38+,40+,41-,42-,43+/m0/s1. The second-order valence-electron chi connectivity index (χ2n) is 17.7. The Morgan fingerprint density at radius 2 is 1.78 bits per heavy atom. The summed E-state index contributed by atoms with van der Waals surface area (Å²) in [6.45, 7) is 2.24. The van der Waals surface area contributed by atoms with E-state index in [-0.39, 0.29) is 59.8 Å². The van der Waals surface area contributed by atoms with Crippen molar-refractivity contribution in [1.29, 1.82) is 0 Å². The largest absolute Gasteiger partial charge is 0.481 e. The Kier molecular flexibility index (Phi) is 13.5. The maximum Gasteiger partial charge on any atom is 0.470 e. The number of hydrogen-bond acceptors (Lipinski definition) is 12. The van der Waals surface area contributed by atoms with Gasteiger partial charge in [0, 0.05) is 45.5 Å². The number of carboxylic acids is 1. The topological polar surface area (TPSA) is 264 Å². The number of thiol groups is 1. The summed E-state index contributed by atoms with van der Waals surface area (Å²) < 4.78 is 62.0. The third-order valence-electron chi connectivity index (χ3n) is 13.9. The van der Waals surface area contributed by atoms with Crippen LogP contribution < -0.4 is 16.0 Å². The first-order valence-electron chi connectivity index (χ1n) is 21.0. The summed E-state index contributed by atoms with van der Waals surface area (Å²) in [6.07, 6.45) is 2.32. The molecule has 350 valence electrons. The molecular formula is C44H50F2N3O14PS. The van der Waals surface area contributed by atoms with Gasteiger partial charge in [-0.2, -0.15) is 21.4 Å². The number of halogens is 2. The van der Waals surface area contributed by atoms with Crippen molar-refractivity contribution in [2.45, 2.75) is 88.4 Å². The first-order chi connectivity index (χ1) is 30.5. The number of carbonyl (C=O) groups excluding carboxylic acids is 5. The highest BCUT2D eigenvalue weighted by Gasteiger charge is 2.76. The number of carbonyl (C=O) groups is 6. The third-order valence-corrected chi connectivity index (χ3v) is 14.7. The molecule has 0 spiro atoms. The highest BCUT2D eigenvalue weighted by molar-refractivity contribution is 7.81. The molecule has 10 atom stereocenters. The molecule has 7 rings (SSSR count). The van der Waals surface area contributed by atoms with E-state index in [0.29, 0.717) is 12.8 Å². The smallest absolute Gasteiger partial charge is 0.470 e. The summed E-state index contributed by atoms with van der Waals surface area (Å²) in [5, 5.41) is 28.2. The summed E-state index contributed by atoms with van der Waals surface area (Å²) >= 11 is 3.80. The Labute approximate surface area is 377 Å². The summed E-state index contributed by atoms with van der Waals surface area (Å²) in [4.78, 5) is 94.1. The number of ether oxygens (including phenoxy) is 2. The molecule has 3 amide bonds. The Balaban J connectivity index is 1.10. The number of alkyl halides is 2. The Morgan fingerprint density at radius 1 is 1.06 bits per heavy atom. The number of aliphatic carboxylic acids is 1. The number of benzene rings is 2. The average molecular weight is 946 g/mol. The van der Waals surface area contributed by atoms with E-state index in [9.17, 15) is 53.3 Å². The number of ketones is 2. The molecule has 2 aromatic carbocycles. The van der Waals surface area contributed by atoms with Crippen LogP contribution >= 0.6 is 20.5 Å². The minimum Gasteiger partial charge on any atom is -0.481 e. The van der Waals surface area contributed by atoms with Crippen LogP contribution in [0.4, 0.5) is 14.5 Å². The first kappa shape index (κ1) is 48.3. The summed E-state index contributed by atoms with van der Waals surface area (Å²) in [7, 11) is -5.12. The maximum absolute atomic E-state index is 16.2. The zero-order valence-corrected chi connectivity index (χ0v) is 37.1. The van der Waals surface area contributed by atoms with Gasteiger partial charge in [-0.25, -0.2) is 4.57 Å². The fourth-order valence-electron chi connectivity index (χ4n) is 11.0. The average Bonchev–Trinajstić information content (AvgIpc) is 3.76. The van der Waals surface area contributed by atoms with E-state index in [4.69, 9.17) is 14.0 Å². The second-order valence-corrected chi connectivity index (χ2v) is 19.3. The number of nitrogens with one attached hydrogen (secondary N) is 3. The first-order valence-corrected chi connectivity index (χ1v) is 23.2. The zero-order valence-electron chi connectivity index (χ0n) is 35.3. The summed E-state index contributed by atoms with van der Waals surface area (Å²) in [5.41, 5.74) is -3.59. The van der Waals surface area contributed by atoms with Crippen molar-refractivity contribution in [2.75, 3.05) is 24.2 Å². The quantitative estimate of drug-likeness (QED) is 0.0878. The number of aliphatic hydroxyl groups is 1. The number of carboxylic acid groups (broad SMARTS) is 1. The molecule has 0 bridgehead atoms. The molecule has 1 heterocycles. The van der Waals surface area contributed by atoms with Crippen molar-refractivity contribution in [3.8, 4) is 0 Å². The number of amides is 3. The lowest BCUT2D eigenvalue weighted by Crippen LogP contribution is -2.63. The van der Waals surface area contributed by atoms with Crippen LogP contribution in [0.3, 0.4) is 0 Å². The summed E-state index contributed by atoms with van der Waals surface area (Å²) in [6, 6.07) is 8.27. The number of aliphatic hydroxyl groups excluding tert-OH is 1. The van der Waals surface area contributed by atoms with Gasteiger partial charge in [-0.15, -0.1) is 0 Å². The van der Waals surface area contributed by atoms with Gasteiger partial charge in [0.05, 0.1) is 24.5 Å². The van der Waals surface area contributed by atoms with Crippen molar-refractivity contribution >= 4 is 61.4 Å². The van der Waals surface area contributed by atoms with Gasteiger partial charge >= 0.3 is 13.8 Å². The van der Waals surface area contributed by atoms with Gasteiger partial charge in [0.15, 0.2) is 23.5 Å². The molecule has 3 saturated carbocycles. The normalized spacial score (nSPS) is 30.8. The predicted molar refractivity (Wildman–Crippen MR) is 228 cm³/mol. The number of allylic oxidation sites excluding steroid dienone is 4. The van der Waals surface area contributed by atoms with Crippen LogP contribution in [0, 0.1) is 28.6 Å². The zero-order chi connectivity index (χ0) is 47.3. The molecule has 4 aliphatic carbocycles. The van der Waals surface area contributed by atoms with E-state index < -0.39 is 115 Å². The lowest BCUT2D eigenvalue weighted by molar-refractivity contribution is -0.200. The maximum atomic E-state index is 16.2. The molecule has 0 aromatic heterocycles. The van der Waals surface area contributed by atoms with Crippen LogP contribution in [0.2, 0.25) is 0 Å². The lowest BCUT2D eigenvalue weighted by atomic mass is 9.46. The Hall–Kier alpha value is -4.66. The molecule has 1 aliphatic heterocycles. The van der Waals surface area contributed by atoms with Crippen molar-refractivity contribution in [3.63, 3.8) is 0 Å². The molecule has 4 fully saturated rings. The number of phosphoric acid groups is 1. The number of rotatable bonds is 16. The summed E-state index contributed by atoms with van der Waals surface area (Å²) in [5.74, 6) is -9.06. The molecule has 2 aromatic rings. The fourth-order valence-corrected chi connectivity index (χ4v) is 11.4. The van der Waals surface area contributed by atoms with Crippen molar-refractivity contribution in [3.05, 3.63) is 89.0 Å². The number of Topliss-reactive ketones (excluding diaryl/α,β-unsaturated/α-hetero) is 1. The van der Waals surface area contributed by atoms with Crippen LogP contribution in [0.1, 0.15) is 75.4 Å². The predicted octanol–water partition coefficient (Wildman–Crippen LogP) is 3.88. The monoisotopic (exact) mass is 945 g/mol. The van der Waals surface area contributed by atoms with Crippen LogP contribution in [-0.2, 0) is 53.3 Å². The van der Waals surface area contributed by atoms with Gasteiger partial charge in [0.2, 0.25) is 17.7 Å². The molecule has 5 aliphatic rings. The molecule has 0 unspecified atom stereocenters. The van der Waals surface area contributed by atoms with Crippen LogP contribution in [-0.4, -0.2) is 98.0 Å². The van der Waals surface area contributed by atoms with E-state index in [1.165, 1.54) is 30.3 Å². The molecule has 1 saturated heterocycles. The van der Waals surface area contributed by atoms with Gasteiger partial charge in [-0.3, -0.25) is 33.3 Å². The minimum atomic E-state index is -5.12. The minimum absolute atomic E-state index is 0.0381. The van der Waals surface area contributed by atoms with Gasteiger partial charge < -0.3 is 45.4 Å². The van der Waals surface area contributed by atoms with E-state index in [0.717, 1.165) is 29.8 Å². The molecule has 0 radical (unpaired) electrons. The molecular weight excluding hydrogens is 896 g/mol. The van der Waals surface area contributed by atoms with Gasteiger partial charge in [0.25, 0.3) is 5.92 Å². The van der Waals surface area contributed by atoms with E-state index in [1.807, 2.05) is 13.0 Å². The number of hydrogen-bond donors (Lipinski definition) is 8. The van der Waals surface area contributed by atoms with E-state index in [2.05, 4.69) is 28.6 Å². The van der Waals surface area contributed by atoms with Crippen molar-refractivity contribution in [2.24, 2.45) is 28.6 Å². The molecule has 21 heteroatoms. The van der Waals surface area contributed by atoms with E-state index >= 15 is 8.78 Å². The fraction of sp³-hybridized carbons (Fsp3) is 0.500. The Morgan fingerprint density at radius 3 is 2.46 bits per heavy atom. The van der Waals surface area contributed by atoms with Crippen molar-refractivity contribution in [1.82, 2.24) is 10.6 Å². The highest BCUT2D eigenvalue weighted by Crippen LogP contribution is 2.70. The van der Waals surface area contributed by atoms with Gasteiger partial charge in [-0.05, 0) is 68.2 Å². The third kappa shape index (κ3) is 9.24. The number of fused-ring (bicyclic) bond motifs is 7. The second kappa shape index (κ2) is 18.2. The molecule has 65 heavy (non-hydrogen) atoms. The lowest BCUT2D eigenvalue weighted by Gasteiger charge is -2.59. The molecule has 7 N–H and O–H groups in total. The van der Waals surface area contributed by atoms with Crippen molar-refractivity contribution < 1.29 is 76.1 Å². The number of phosphoric ester groups is 1. The molecule has 17 nitrogen and oxygen atoms in total. The highest BCUT2D eigenvalue weighted by atomic mass is 32.1. The van der Waals surface area contributed by atoms with Gasteiger partial charge in [0.1, 0.15) is 12.6 Å². The van der Waals surface area contributed by atoms with Crippen LogP contribution in [0.15, 0.2) is 72.3 Å². The van der Waals surface area contributed by atoms with Gasteiger partial charge in [-0.1, -0.05) is 61.9 Å². The number of anilines is 1. The van der Waals surface area contributed by atoms with Crippen LogP contribution in [0.25, 0.3) is 0 Å². The SMILES string of the molecule is C[C@]12C=CC(=O)C=C1CC[C@@H]1[C@@H]2[C@@H](O)C[C@@]2(C)[C@H]1C[C@H]1O[C@@H](c3ccc(C(F)(F)c4cccc(NC(=O)[C@H](CCC(=O)O)NC(=O)CNC(=O)CS)c4)cc3)O[C@]12C(=O)COP(=O)(O)O. The van der Waals surface area contributed by atoms with Crippen LogP contribution in [0.5, 0.6) is 0 Å².